The molecular weight excluding hydrogens is 418 g/mol. The van der Waals surface area contributed by atoms with Crippen molar-refractivity contribution in [3.05, 3.63) is 42.2 Å². The smallest absolute Gasteiger partial charge is 0.449 e. The van der Waals surface area contributed by atoms with Crippen molar-refractivity contribution < 1.29 is 27.2 Å². The second-order valence-electron chi connectivity index (χ2n) is 6.08. The SMILES string of the molecule is CCOC(=O)/C=C(/OP(=Nc1ccccc1)(N(CC)CC)N(CC)CC)C(F)(F)F. The highest BCUT2D eigenvalue weighted by molar-refractivity contribution is 7.56. The molecule has 0 heterocycles. The summed E-state index contributed by atoms with van der Waals surface area (Å²) in [5.41, 5.74) is 0.502. The molecule has 0 radical (unpaired) electrons. The number of esters is 1. The van der Waals surface area contributed by atoms with Crippen molar-refractivity contribution in [2.45, 2.75) is 40.8 Å². The van der Waals surface area contributed by atoms with E-state index in [9.17, 15) is 18.0 Å². The second-order valence-corrected chi connectivity index (χ2v) is 8.62. The molecular formula is C20H31F3N3O3P. The lowest BCUT2D eigenvalue weighted by Gasteiger charge is -2.41. The number of carbonyl (C=O) groups excluding carboxylic acids is 1. The van der Waals surface area contributed by atoms with Gasteiger partial charge in [-0.25, -0.2) is 18.9 Å². The Balaban J connectivity index is 3.79. The van der Waals surface area contributed by atoms with Crippen LogP contribution >= 0.6 is 7.58 Å². The third-order valence-electron chi connectivity index (χ3n) is 4.23. The quantitative estimate of drug-likeness (QED) is 0.180. The Morgan fingerprint density at radius 2 is 1.50 bits per heavy atom. The van der Waals surface area contributed by atoms with Crippen LogP contribution in [0.25, 0.3) is 0 Å². The number of hydrogen-bond donors (Lipinski definition) is 0. The van der Waals surface area contributed by atoms with E-state index in [4.69, 9.17) is 9.27 Å². The first kappa shape index (κ1) is 26.2. The van der Waals surface area contributed by atoms with Crippen molar-refractivity contribution in [1.29, 1.82) is 0 Å². The van der Waals surface area contributed by atoms with Gasteiger partial charge in [-0.1, -0.05) is 45.9 Å². The first-order valence-electron chi connectivity index (χ1n) is 10.0. The number of halogens is 3. The molecule has 1 aromatic rings. The highest BCUT2D eigenvalue weighted by atomic mass is 31.2. The van der Waals surface area contributed by atoms with Gasteiger partial charge < -0.3 is 9.26 Å². The van der Waals surface area contributed by atoms with Crippen LogP contribution in [0.1, 0.15) is 34.6 Å². The minimum absolute atomic E-state index is 0.0404. The van der Waals surface area contributed by atoms with Crippen LogP contribution in [0.5, 0.6) is 0 Å². The number of hydrogen-bond acceptors (Lipinski definition) is 4. The minimum atomic E-state index is -4.88. The lowest BCUT2D eigenvalue weighted by molar-refractivity contribution is -0.140. The number of rotatable bonds is 11. The Hall–Kier alpha value is -1.83. The first-order chi connectivity index (χ1) is 14.2. The summed E-state index contributed by atoms with van der Waals surface area (Å²) in [6.07, 6.45) is -4.52. The van der Waals surface area contributed by atoms with Crippen molar-refractivity contribution in [2.24, 2.45) is 4.74 Å². The van der Waals surface area contributed by atoms with Gasteiger partial charge in [0.05, 0.1) is 18.4 Å². The molecule has 0 unspecified atom stereocenters. The molecule has 0 saturated carbocycles. The van der Waals surface area contributed by atoms with Crippen molar-refractivity contribution in [3.63, 3.8) is 0 Å². The summed E-state index contributed by atoms with van der Waals surface area (Å²) in [4.78, 5) is 11.8. The molecule has 0 amide bonds. The van der Waals surface area contributed by atoms with Crippen molar-refractivity contribution in [3.8, 4) is 0 Å². The second kappa shape index (κ2) is 12.1. The lowest BCUT2D eigenvalue weighted by atomic mass is 10.3. The molecule has 0 aromatic heterocycles. The zero-order valence-electron chi connectivity index (χ0n) is 18.1. The Morgan fingerprint density at radius 3 is 1.90 bits per heavy atom. The summed E-state index contributed by atoms with van der Waals surface area (Å²) < 4.78 is 60.3. The standard InChI is InChI=1S/C20H31F3N3O3P/c1-6-25(7-2)30(26(8-3)9-4,24-17-14-12-11-13-15-17)29-18(20(21,22)23)16-19(27)28-10-5/h11-16H,6-10H2,1-5H3/b18-16+. The first-order valence-corrected chi connectivity index (χ1v) is 11.6. The topological polar surface area (TPSA) is 54.4 Å². The molecule has 170 valence electrons. The van der Waals surface area contributed by atoms with Gasteiger partial charge in [0, 0.05) is 26.2 Å². The average molecular weight is 449 g/mol. The third kappa shape index (κ3) is 6.86. The summed E-state index contributed by atoms with van der Waals surface area (Å²) in [6, 6.07) is 8.76. The van der Waals surface area contributed by atoms with Crippen LogP contribution < -0.4 is 0 Å². The fourth-order valence-electron chi connectivity index (χ4n) is 2.85. The summed E-state index contributed by atoms with van der Waals surface area (Å²) in [7, 11) is -3.37. The average Bonchev–Trinajstić information content (AvgIpc) is 2.69. The van der Waals surface area contributed by atoms with Crippen LogP contribution in [-0.4, -0.2) is 54.3 Å². The van der Waals surface area contributed by atoms with Crippen LogP contribution in [-0.2, 0) is 14.1 Å². The summed E-state index contributed by atoms with van der Waals surface area (Å²) in [5.74, 6) is -2.52. The van der Waals surface area contributed by atoms with Gasteiger partial charge in [-0.15, -0.1) is 0 Å². The lowest BCUT2D eigenvalue weighted by Crippen LogP contribution is -2.34. The van der Waals surface area contributed by atoms with E-state index in [0.717, 1.165) is 0 Å². The zero-order valence-corrected chi connectivity index (χ0v) is 19.0. The van der Waals surface area contributed by atoms with Crippen molar-refractivity contribution >= 4 is 19.2 Å². The normalized spacial score (nSPS) is 12.9. The van der Waals surface area contributed by atoms with Crippen LogP contribution in [0.2, 0.25) is 0 Å². The van der Waals surface area contributed by atoms with E-state index in [-0.39, 0.29) is 6.61 Å². The molecule has 6 nitrogen and oxygen atoms in total. The van der Waals surface area contributed by atoms with Gasteiger partial charge in [-0.05, 0) is 19.1 Å². The largest absolute Gasteiger partial charge is 0.463 e. The van der Waals surface area contributed by atoms with Gasteiger partial charge in [0.25, 0.3) is 7.58 Å². The molecule has 1 aromatic carbocycles. The Morgan fingerprint density at radius 1 is 1.00 bits per heavy atom. The summed E-state index contributed by atoms with van der Waals surface area (Å²) in [6.45, 7) is 10.5. The highest BCUT2D eigenvalue weighted by Gasteiger charge is 2.44. The van der Waals surface area contributed by atoms with E-state index in [0.29, 0.717) is 37.9 Å². The number of nitrogens with zero attached hydrogens (tertiary/aromatic N) is 3. The molecule has 0 N–H and O–H groups in total. The molecule has 0 aliphatic rings. The van der Waals surface area contributed by atoms with Crippen LogP contribution in [0, 0.1) is 0 Å². The maximum Gasteiger partial charge on any atom is 0.449 e. The van der Waals surface area contributed by atoms with Gasteiger partial charge in [-0.2, -0.15) is 13.2 Å². The summed E-state index contributed by atoms with van der Waals surface area (Å²) >= 11 is 0. The van der Waals surface area contributed by atoms with Gasteiger partial charge >= 0.3 is 12.1 Å². The predicted molar refractivity (Wildman–Crippen MR) is 113 cm³/mol. The fraction of sp³-hybridized carbons (Fsp3) is 0.550. The van der Waals surface area contributed by atoms with E-state index < -0.39 is 25.5 Å². The van der Waals surface area contributed by atoms with Gasteiger partial charge in [0.1, 0.15) is 0 Å². The number of benzene rings is 1. The summed E-state index contributed by atoms with van der Waals surface area (Å²) in [5, 5.41) is 0. The Bertz CT molecular complexity index is 731. The van der Waals surface area contributed by atoms with Crippen LogP contribution in [0.4, 0.5) is 18.9 Å². The monoisotopic (exact) mass is 449 g/mol. The molecule has 0 saturated heterocycles. The molecule has 0 aliphatic heterocycles. The molecule has 0 aliphatic carbocycles. The molecule has 0 spiro atoms. The number of allylic oxidation sites excluding steroid dienone is 1. The fourth-order valence-corrected chi connectivity index (χ4v) is 6.06. The molecule has 0 atom stereocenters. The maximum absolute atomic E-state index is 13.9. The number of ether oxygens (including phenoxy) is 1. The van der Waals surface area contributed by atoms with E-state index >= 15 is 0 Å². The number of alkyl halides is 3. The Kier molecular flexibility index (Phi) is 10.6. The van der Waals surface area contributed by atoms with Gasteiger partial charge in [0.15, 0.2) is 0 Å². The molecule has 10 heteroatoms. The molecule has 0 fully saturated rings. The van der Waals surface area contributed by atoms with Crippen LogP contribution in [0.15, 0.2) is 46.9 Å². The molecule has 1 rings (SSSR count). The highest BCUT2D eigenvalue weighted by Crippen LogP contribution is 2.61. The van der Waals surface area contributed by atoms with E-state index in [2.05, 4.69) is 4.74 Å². The van der Waals surface area contributed by atoms with E-state index in [1.54, 1.807) is 39.7 Å². The van der Waals surface area contributed by atoms with Crippen molar-refractivity contribution in [2.75, 3.05) is 32.8 Å². The molecule has 0 bridgehead atoms. The predicted octanol–water partition coefficient (Wildman–Crippen LogP) is 5.97. The van der Waals surface area contributed by atoms with Gasteiger partial charge in [-0.3, -0.25) is 0 Å². The Labute approximate surface area is 176 Å². The van der Waals surface area contributed by atoms with Gasteiger partial charge in [0.2, 0.25) is 5.76 Å². The number of carbonyl (C=O) groups is 1. The van der Waals surface area contributed by atoms with Crippen molar-refractivity contribution in [1.82, 2.24) is 9.34 Å². The maximum atomic E-state index is 13.9. The van der Waals surface area contributed by atoms with E-state index in [1.807, 2.05) is 27.7 Å². The minimum Gasteiger partial charge on any atom is -0.463 e. The zero-order chi connectivity index (χ0) is 22.8. The van der Waals surface area contributed by atoms with Crippen LogP contribution in [0.3, 0.4) is 0 Å². The third-order valence-corrected chi connectivity index (χ3v) is 7.77. The molecule has 30 heavy (non-hydrogen) atoms. The van der Waals surface area contributed by atoms with E-state index in [1.165, 1.54) is 6.92 Å².